The zero-order valence-electron chi connectivity index (χ0n) is 14.9. The lowest BCUT2D eigenvalue weighted by Crippen LogP contribution is -2.24. The minimum absolute atomic E-state index is 0.00893. The fraction of sp³-hybridized carbons (Fsp3) is 0.300. The lowest BCUT2D eigenvalue weighted by Gasteiger charge is -2.29. The molecule has 2 aromatic rings. The van der Waals surface area contributed by atoms with Crippen molar-refractivity contribution >= 4 is 12.1 Å². The maximum atomic E-state index is 13.1. The summed E-state index contributed by atoms with van der Waals surface area (Å²) in [7, 11) is 1.37. The monoisotopic (exact) mass is 372 g/mol. The third-order valence-corrected chi connectivity index (χ3v) is 4.98. The predicted octanol–water partition coefficient (Wildman–Crippen LogP) is 1.80. The quantitative estimate of drug-likeness (QED) is 0.366. The third-order valence-electron chi connectivity index (χ3n) is 4.98. The molecule has 3 rings (SSSR count). The van der Waals surface area contributed by atoms with E-state index in [1.54, 1.807) is 0 Å². The average molecular weight is 372 g/mol. The number of phenols is 2. The summed E-state index contributed by atoms with van der Waals surface area (Å²) in [5.74, 6) is -1.18. The average Bonchev–Trinajstić information content (AvgIpc) is 2.64. The third kappa shape index (κ3) is 2.94. The van der Waals surface area contributed by atoms with E-state index >= 15 is 0 Å². The molecule has 2 unspecified atom stereocenters. The molecule has 4 N–H and O–H groups in total. The Bertz CT molecular complexity index is 933. The Balaban J connectivity index is 2.25. The van der Waals surface area contributed by atoms with E-state index in [2.05, 4.69) is 0 Å². The molecular weight excluding hydrogens is 352 g/mol. The Morgan fingerprint density at radius 3 is 2.56 bits per heavy atom. The molecule has 2 atom stereocenters. The molecule has 0 aromatic heterocycles. The van der Waals surface area contributed by atoms with Crippen LogP contribution in [-0.4, -0.2) is 45.7 Å². The first-order chi connectivity index (χ1) is 12.8. The van der Waals surface area contributed by atoms with Crippen molar-refractivity contribution in [2.75, 3.05) is 7.11 Å². The zero-order valence-corrected chi connectivity index (χ0v) is 14.9. The van der Waals surface area contributed by atoms with E-state index < -0.39 is 23.7 Å². The van der Waals surface area contributed by atoms with Crippen molar-refractivity contribution in [3.05, 3.63) is 51.6 Å². The highest BCUT2D eigenvalue weighted by Crippen LogP contribution is 2.45. The Morgan fingerprint density at radius 2 is 1.93 bits per heavy atom. The molecule has 1 aliphatic rings. The second-order valence-corrected chi connectivity index (χ2v) is 6.57. The number of hydrogen-bond acceptors (Lipinski definition) is 7. The molecule has 0 radical (unpaired) electrons. The van der Waals surface area contributed by atoms with Crippen molar-refractivity contribution < 1.29 is 34.8 Å². The van der Waals surface area contributed by atoms with Gasteiger partial charge in [0.2, 0.25) is 0 Å². The fourth-order valence-electron chi connectivity index (χ4n) is 3.63. The molecule has 0 saturated heterocycles. The van der Waals surface area contributed by atoms with Crippen LogP contribution in [0.4, 0.5) is 0 Å². The second kappa shape index (κ2) is 7.02. The number of rotatable bonds is 4. The van der Waals surface area contributed by atoms with Crippen LogP contribution in [0.25, 0.3) is 0 Å². The lowest BCUT2D eigenvalue weighted by atomic mass is 9.81. The Hall–Kier alpha value is -2.90. The molecular formula is C20H20O7. The highest BCUT2D eigenvalue weighted by atomic mass is 16.5. The smallest absolute Gasteiger partial charge is 0.198 e. The van der Waals surface area contributed by atoms with Gasteiger partial charge in [0.05, 0.1) is 30.4 Å². The number of methoxy groups -OCH3 is 1. The molecule has 0 heterocycles. The van der Waals surface area contributed by atoms with Gasteiger partial charge in [-0.05, 0) is 13.0 Å². The highest BCUT2D eigenvalue weighted by molar-refractivity contribution is 6.16. The summed E-state index contributed by atoms with van der Waals surface area (Å²) < 4.78 is 5.10. The number of aliphatic hydroxyl groups is 2. The van der Waals surface area contributed by atoms with E-state index in [0.29, 0.717) is 6.29 Å². The number of ether oxygens (including phenoxy) is 1. The van der Waals surface area contributed by atoms with Gasteiger partial charge in [-0.2, -0.15) is 0 Å². The standard InChI is InChI=1S/C20H20O7/c1-9-16(19(25)11-4-3-5-15(27-2)13(11)8-21)20(26)12-6-10(22)7-14(23)17(12)18(9)24/h3-5,8,10,14,22-24,26H,6-7H2,1-2H3. The van der Waals surface area contributed by atoms with Gasteiger partial charge in [0.15, 0.2) is 12.1 Å². The first-order valence-electron chi connectivity index (χ1n) is 8.42. The van der Waals surface area contributed by atoms with Crippen molar-refractivity contribution in [1.29, 1.82) is 0 Å². The lowest BCUT2D eigenvalue weighted by molar-refractivity contribution is 0.0653. The zero-order chi connectivity index (χ0) is 19.9. The molecule has 1 aliphatic carbocycles. The van der Waals surface area contributed by atoms with Crippen molar-refractivity contribution in [2.45, 2.75) is 32.0 Å². The molecule has 0 saturated carbocycles. The number of aromatic hydroxyl groups is 2. The summed E-state index contributed by atoms with van der Waals surface area (Å²) in [6, 6.07) is 4.50. The van der Waals surface area contributed by atoms with Crippen LogP contribution >= 0.6 is 0 Å². The van der Waals surface area contributed by atoms with E-state index in [1.165, 1.54) is 32.2 Å². The number of fused-ring (bicyclic) bond motifs is 1. The Labute approximate surface area is 155 Å². The van der Waals surface area contributed by atoms with Crippen molar-refractivity contribution in [2.24, 2.45) is 0 Å². The fourth-order valence-corrected chi connectivity index (χ4v) is 3.63. The number of phenolic OH excluding ortho intramolecular Hbond substituents is 2. The van der Waals surface area contributed by atoms with Crippen LogP contribution in [0.1, 0.15) is 55.5 Å². The molecule has 27 heavy (non-hydrogen) atoms. The number of aldehydes is 1. The minimum Gasteiger partial charge on any atom is -0.507 e. The second-order valence-electron chi connectivity index (χ2n) is 6.57. The summed E-state index contributed by atoms with van der Waals surface area (Å²) in [5, 5.41) is 41.3. The summed E-state index contributed by atoms with van der Waals surface area (Å²) in [5.41, 5.74) is 0.201. The SMILES string of the molecule is COc1cccc(C(=O)c2c(C)c(O)c3c(c2O)CC(O)CC3O)c1C=O. The number of ketones is 1. The van der Waals surface area contributed by atoms with Crippen LogP contribution in [0.3, 0.4) is 0 Å². The van der Waals surface area contributed by atoms with Gasteiger partial charge < -0.3 is 25.2 Å². The van der Waals surface area contributed by atoms with Crippen LogP contribution in [0, 0.1) is 6.92 Å². The van der Waals surface area contributed by atoms with Gasteiger partial charge in [-0.3, -0.25) is 9.59 Å². The van der Waals surface area contributed by atoms with Crippen molar-refractivity contribution in [3.63, 3.8) is 0 Å². The van der Waals surface area contributed by atoms with Gasteiger partial charge in [-0.1, -0.05) is 12.1 Å². The topological polar surface area (TPSA) is 124 Å². The van der Waals surface area contributed by atoms with Crippen LogP contribution in [0.5, 0.6) is 17.2 Å². The van der Waals surface area contributed by atoms with Gasteiger partial charge in [-0.15, -0.1) is 0 Å². The maximum absolute atomic E-state index is 13.1. The Kier molecular flexibility index (Phi) is 4.91. The van der Waals surface area contributed by atoms with E-state index in [1.807, 2.05) is 0 Å². The summed E-state index contributed by atoms with van der Waals surface area (Å²) in [4.78, 5) is 24.6. The van der Waals surface area contributed by atoms with Crippen LogP contribution in [0.2, 0.25) is 0 Å². The number of benzene rings is 2. The van der Waals surface area contributed by atoms with Gasteiger partial charge >= 0.3 is 0 Å². The molecule has 0 spiro atoms. The van der Waals surface area contributed by atoms with E-state index in [0.717, 1.165) is 0 Å². The summed E-state index contributed by atoms with van der Waals surface area (Å²) >= 11 is 0. The number of carbonyl (C=O) groups excluding carboxylic acids is 2. The minimum atomic E-state index is -1.15. The van der Waals surface area contributed by atoms with Gasteiger partial charge in [-0.25, -0.2) is 0 Å². The first kappa shape index (κ1) is 18.9. The summed E-state index contributed by atoms with van der Waals surface area (Å²) in [6.07, 6.45) is -1.56. The number of hydrogen-bond donors (Lipinski definition) is 4. The Morgan fingerprint density at radius 1 is 1.22 bits per heavy atom. The highest BCUT2D eigenvalue weighted by Gasteiger charge is 2.34. The normalized spacial score (nSPS) is 18.7. The van der Waals surface area contributed by atoms with Crippen LogP contribution < -0.4 is 4.74 Å². The van der Waals surface area contributed by atoms with Gasteiger partial charge in [0, 0.05) is 35.1 Å². The predicted molar refractivity (Wildman–Crippen MR) is 95.6 cm³/mol. The van der Waals surface area contributed by atoms with E-state index in [-0.39, 0.29) is 57.7 Å². The molecule has 0 bridgehead atoms. The summed E-state index contributed by atoms with van der Waals surface area (Å²) in [6.45, 7) is 1.45. The van der Waals surface area contributed by atoms with Gasteiger partial charge in [0.25, 0.3) is 0 Å². The molecule has 7 heteroatoms. The molecule has 7 nitrogen and oxygen atoms in total. The van der Waals surface area contributed by atoms with Gasteiger partial charge in [0.1, 0.15) is 17.2 Å². The van der Waals surface area contributed by atoms with Crippen molar-refractivity contribution in [3.8, 4) is 17.2 Å². The molecule has 0 fully saturated rings. The van der Waals surface area contributed by atoms with Crippen LogP contribution in [-0.2, 0) is 6.42 Å². The molecule has 0 amide bonds. The number of carbonyl (C=O) groups is 2. The van der Waals surface area contributed by atoms with E-state index in [9.17, 15) is 30.0 Å². The molecule has 2 aromatic carbocycles. The molecule has 142 valence electrons. The first-order valence-corrected chi connectivity index (χ1v) is 8.42. The van der Waals surface area contributed by atoms with Crippen molar-refractivity contribution in [1.82, 2.24) is 0 Å². The number of aliphatic hydroxyl groups excluding tert-OH is 2. The van der Waals surface area contributed by atoms with E-state index in [4.69, 9.17) is 4.74 Å². The van der Waals surface area contributed by atoms with Crippen LogP contribution in [0.15, 0.2) is 18.2 Å². The molecule has 0 aliphatic heterocycles. The largest absolute Gasteiger partial charge is 0.507 e. The maximum Gasteiger partial charge on any atom is 0.198 e.